The van der Waals surface area contributed by atoms with Gasteiger partial charge in [-0.1, -0.05) is 54.6 Å². The maximum Gasteiger partial charge on any atom is 0.214 e. The summed E-state index contributed by atoms with van der Waals surface area (Å²) < 4.78 is 17.9. The first-order valence-corrected chi connectivity index (χ1v) is 11.9. The van der Waals surface area contributed by atoms with Gasteiger partial charge in [-0.25, -0.2) is 4.39 Å². The van der Waals surface area contributed by atoms with Crippen molar-refractivity contribution in [1.29, 1.82) is 5.26 Å². The minimum absolute atomic E-state index is 0.260. The topological polar surface area (TPSA) is 27.7 Å². The van der Waals surface area contributed by atoms with Crippen LogP contribution in [0.4, 0.5) is 4.39 Å². The molecule has 0 N–H and O–H groups in total. The smallest absolute Gasteiger partial charge is 0.200 e. The molecule has 2 nitrogen and oxygen atoms in total. The molecular weight excluding hydrogens is 439 g/mol. The van der Waals surface area contributed by atoms with Crippen LogP contribution in [0.3, 0.4) is 0 Å². The van der Waals surface area contributed by atoms with Gasteiger partial charge in [0, 0.05) is 31.8 Å². The number of hydrogen-bond acceptors (Lipinski definition) is 2. The number of aromatic nitrogens is 1. The lowest BCUT2D eigenvalue weighted by Crippen LogP contribution is -2.31. The quantitative estimate of drug-likeness (QED) is 0.244. The van der Waals surface area contributed by atoms with E-state index < -0.39 is 0 Å². The molecule has 0 saturated carbocycles. The molecule has 0 spiro atoms. The molecule has 0 unspecified atom stereocenters. The fourth-order valence-electron chi connectivity index (χ4n) is 4.88. The summed E-state index contributed by atoms with van der Waals surface area (Å²) in [5.41, 5.74) is 5.87. The molecule has 6 aromatic rings. The van der Waals surface area contributed by atoms with Crippen LogP contribution in [0, 0.1) is 24.1 Å². The van der Waals surface area contributed by atoms with Gasteiger partial charge in [-0.15, -0.1) is 11.3 Å². The van der Waals surface area contributed by atoms with Gasteiger partial charge in [0.15, 0.2) is 5.82 Å². The average Bonchev–Trinajstić information content (AvgIpc) is 3.22. The highest BCUT2D eigenvalue weighted by molar-refractivity contribution is 7.27. The van der Waals surface area contributed by atoms with Gasteiger partial charge in [0.25, 0.3) is 0 Å². The van der Waals surface area contributed by atoms with Crippen LogP contribution in [-0.2, 0) is 7.05 Å². The maximum atomic E-state index is 13.8. The third kappa shape index (κ3) is 3.09. The van der Waals surface area contributed by atoms with E-state index in [4.69, 9.17) is 0 Å². The van der Waals surface area contributed by atoms with Gasteiger partial charge in [-0.3, -0.25) is 0 Å². The number of nitrogens with zero attached hydrogens (tertiary/aromatic N) is 2. The molecule has 0 saturated heterocycles. The van der Waals surface area contributed by atoms with Crippen molar-refractivity contribution in [3.63, 3.8) is 0 Å². The lowest BCUT2D eigenvalue weighted by atomic mass is 9.95. The molecule has 4 heteroatoms. The van der Waals surface area contributed by atoms with E-state index in [0.29, 0.717) is 5.56 Å². The lowest BCUT2D eigenvalue weighted by Gasteiger charge is -2.08. The van der Waals surface area contributed by atoms with Crippen molar-refractivity contribution in [1.82, 2.24) is 0 Å². The van der Waals surface area contributed by atoms with Gasteiger partial charge in [0.1, 0.15) is 7.05 Å². The summed E-state index contributed by atoms with van der Waals surface area (Å²) in [7, 11) is 1.87. The van der Waals surface area contributed by atoms with Crippen LogP contribution >= 0.6 is 11.3 Å². The Balaban J connectivity index is 1.71. The van der Waals surface area contributed by atoms with E-state index in [0.717, 1.165) is 53.5 Å². The Bertz CT molecular complexity index is 1810. The van der Waals surface area contributed by atoms with Crippen molar-refractivity contribution in [2.24, 2.45) is 7.05 Å². The van der Waals surface area contributed by atoms with E-state index in [2.05, 4.69) is 61.5 Å². The van der Waals surface area contributed by atoms with Crippen molar-refractivity contribution in [2.75, 3.05) is 0 Å². The van der Waals surface area contributed by atoms with Gasteiger partial charge in [-0.05, 0) is 47.0 Å². The second-order valence-corrected chi connectivity index (χ2v) is 9.64. The Hall–Kier alpha value is -4.07. The summed E-state index contributed by atoms with van der Waals surface area (Å²) in [5.74, 6) is -0.260. The van der Waals surface area contributed by atoms with Gasteiger partial charge in [-0.2, -0.15) is 9.83 Å². The fraction of sp³-hybridized carbons (Fsp3) is 0.0667. The zero-order valence-corrected chi connectivity index (χ0v) is 19.6. The predicted octanol–water partition coefficient (Wildman–Crippen LogP) is 7.69. The number of rotatable bonds is 2. The van der Waals surface area contributed by atoms with Crippen molar-refractivity contribution in [3.8, 4) is 28.5 Å². The first kappa shape index (κ1) is 20.5. The summed E-state index contributed by atoms with van der Waals surface area (Å²) in [4.78, 5) is 0. The Kier molecular flexibility index (Phi) is 4.69. The SMILES string of the molecule is Cc1ccc2c(sc3c(-c4ccc5ccccc5c4)c(C#N)ccc32)c1-c1ccc(F)c[n+]1C. The second-order valence-electron chi connectivity index (χ2n) is 8.62. The van der Waals surface area contributed by atoms with Crippen molar-refractivity contribution in [3.05, 3.63) is 102 Å². The molecule has 34 heavy (non-hydrogen) atoms. The van der Waals surface area contributed by atoms with Crippen LogP contribution in [0.25, 0.3) is 53.3 Å². The molecule has 2 heterocycles. The molecule has 0 radical (unpaired) electrons. The third-order valence-corrected chi connectivity index (χ3v) is 7.79. The molecule has 2 aromatic heterocycles. The largest absolute Gasteiger partial charge is 0.214 e. The molecule has 0 bridgehead atoms. The van der Waals surface area contributed by atoms with E-state index in [9.17, 15) is 9.65 Å². The van der Waals surface area contributed by atoms with E-state index in [1.54, 1.807) is 11.3 Å². The van der Waals surface area contributed by atoms with Crippen molar-refractivity contribution in [2.45, 2.75) is 6.92 Å². The Labute approximate surface area is 200 Å². The van der Waals surface area contributed by atoms with Crippen LogP contribution in [0.1, 0.15) is 11.1 Å². The van der Waals surface area contributed by atoms with Crippen LogP contribution in [0.15, 0.2) is 85.1 Å². The molecule has 0 aliphatic rings. The van der Waals surface area contributed by atoms with Gasteiger partial charge < -0.3 is 0 Å². The minimum atomic E-state index is -0.260. The minimum Gasteiger partial charge on any atom is -0.200 e. The van der Waals surface area contributed by atoms with E-state index in [-0.39, 0.29) is 5.82 Å². The molecule has 162 valence electrons. The van der Waals surface area contributed by atoms with Gasteiger partial charge >= 0.3 is 0 Å². The number of thiophene rings is 1. The number of aryl methyl sites for hydroxylation is 2. The third-order valence-electron chi connectivity index (χ3n) is 6.53. The van der Waals surface area contributed by atoms with Crippen molar-refractivity contribution < 1.29 is 8.96 Å². The molecule has 0 aliphatic heterocycles. The molecule has 6 rings (SSSR count). The Morgan fingerprint density at radius 2 is 1.56 bits per heavy atom. The number of fused-ring (bicyclic) bond motifs is 4. The highest BCUT2D eigenvalue weighted by Crippen LogP contribution is 2.45. The molecule has 0 fully saturated rings. The number of hydrogen-bond donors (Lipinski definition) is 0. The average molecular weight is 460 g/mol. The molecular formula is C30H20FN2S+. The maximum absolute atomic E-state index is 13.8. The van der Waals surface area contributed by atoms with E-state index in [1.807, 2.05) is 35.9 Å². The monoisotopic (exact) mass is 459 g/mol. The van der Waals surface area contributed by atoms with E-state index in [1.165, 1.54) is 17.6 Å². The van der Waals surface area contributed by atoms with E-state index >= 15 is 0 Å². The van der Waals surface area contributed by atoms with Crippen LogP contribution in [0.2, 0.25) is 0 Å². The molecule has 0 aliphatic carbocycles. The summed E-state index contributed by atoms with van der Waals surface area (Å²) >= 11 is 1.71. The van der Waals surface area contributed by atoms with Crippen LogP contribution < -0.4 is 4.57 Å². The number of nitriles is 1. The first-order chi connectivity index (χ1) is 16.5. The molecule has 0 atom stereocenters. The summed E-state index contributed by atoms with van der Waals surface area (Å²) in [6.07, 6.45) is 1.51. The molecule has 0 amide bonds. The van der Waals surface area contributed by atoms with Gasteiger partial charge in [0.05, 0.1) is 17.2 Å². The highest BCUT2D eigenvalue weighted by atomic mass is 32.1. The van der Waals surface area contributed by atoms with Crippen LogP contribution in [-0.4, -0.2) is 0 Å². The Morgan fingerprint density at radius 3 is 2.32 bits per heavy atom. The number of halogens is 1. The highest BCUT2D eigenvalue weighted by Gasteiger charge is 2.22. The zero-order chi connectivity index (χ0) is 23.4. The first-order valence-electron chi connectivity index (χ1n) is 11.1. The van der Waals surface area contributed by atoms with Gasteiger partial charge in [0.2, 0.25) is 11.9 Å². The summed E-state index contributed by atoms with van der Waals surface area (Å²) in [6.45, 7) is 2.09. The number of pyridine rings is 1. The predicted molar refractivity (Wildman–Crippen MR) is 138 cm³/mol. The summed E-state index contributed by atoms with van der Waals surface area (Å²) in [6, 6.07) is 28.7. The fourth-order valence-corrected chi connectivity index (χ4v) is 6.36. The van der Waals surface area contributed by atoms with Crippen LogP contribution in [0.5, 0.6) is 0 Å². The second kappa shape index (κ2) is 7.76. The summed E-state index contributed by atoms with van der Waals surface area (Å²) in [5, 5.41) is 14.6. The zero-order valence-electron chi connectivity index (χ0n) is 18.8. The lowest BCUT2D eigenvalue weighted by molar-refractivity contribution is -0.661. The van der Waals surface area contributed by atoms with Crippen molar-refractivity contribution >= 4 is 42.3 Å². The normalized spacial score (nSPS) is 11.4. The Morgan fingerprint density at radius 1 is 0.824 bits per heavy atom. The number of benzene rings is 4. The standard InChI is InChI=1S/C30H20FN2S/c1-18-7-12-24-25-13-10-22(16-32)28(21-9-8-19-5-3-4-6-20(19)15-21)30(25)34-29(24)27(18)26-14-11-23(31)17-33(26)2/h3-15,17H,1-2H3/q+1. The molecule has 4 aromatic carbocycles.